The first-order valence-electron chi connectivity index (χ1n) is 9.04. The van der Waals surface area contributed by atoms with Crippen LogP contribution in [0.1, 0.15) is 44.6 Å². The Morgan fingerprint density at radius 3 is 2.92 bits per heavy atom. The molecule has 1 aliphatic rings. The van der Waals surface area contributed by atoms with E-state index >= 15 is 0 Å². The van der Waals surface area contributed by atoms with Gasteiger partial charge in [-0.3, -0.25) is 9.59 Å². The number of hydrogen-bond acceptors (Lipinski definition) is 5. The van der Waals surface area contributed by atoms with Crippen LogP contribution in [0.25, 0.3) is 0 Å². The van der Waals surface area contributed by atoms with Gasteiger partial charge in [0, 0.05) is 13.0 Å². The minimum absolute atomic E-state index is 0.0361. The van der Waals surface area contributed by atoms with Crippen molar-refractivity contribution in [3.05, 3.63) is 23.8 Å². The van der Waals surface area contributed by atoms with E-state index in [2.05, 4.69) is 10.5 Å². The third-order valence-corrected chi connectivity index (χ3v) is 4.06. The number of nitrogens with zero attached hydrogens (tertiary/aromatic N) is 2. The molecule has 0 spiro atoms. The van der Waals surface area contributed by atoms with E-state index in [1.54, 1.807) is 18.1 Å². The fraction of sp³-hybridized carbons (Fsp3) is 0.526. The van der Waals surface area contributed by atoms with E-state index < -0.39 is 0 Å². The van der Waals surface area contributed by atoms with Gasteiger partial charge in [-0.15, -0.1) is 0 Å². The molecule has 0 radical (unpaired) electrons. The monoisotopic (exact) mass is 361 g/mol. The molecule has 0 aromatic heterocycles. The number of carbonyl (C=O) groups excluding carboxylic acids is 2. The van der Waals surface area contributed by atoms with Crippen molar-refractivity contribution in [3.8, 4) is 11.5 Å². The Morgan fingerprint density at radius 2 is 2.15 bits per heavy atom. The second-order valence-corrected chi connectivity index (χ2v) is 6.18. The van der Waals surface area contributed by atoms with Crippen LogP contribution in [0.5, 0.6) is 11.5 Å². The van der Waals surface area contributed by atoms with Crippen LogP contribution in [0.2, 0.25) is 0 Å². The highest BCUT2D eigenvalue weighted by atomic mass is 16.5. The number of benzene rings is 1. The van der Waals surface area contributed by atoms with Crippen molar-refractivity contribution in [3.63, 3.8) is 0 Å². The zero-order valence-corrected chi connectivity index (χ0v) is 15.5. The molecule has 1 N–H and O–H groups in total. The van der Waals surface area contributed by atoms with Crippen LogP contribution in [-0.4, -0.2) is 49.7 Å². The molecule has 0 unspecified atom stereocenters. The number of hydrogen-bond donors (Lipinski definition) is 1. The third-order valence-electron chi connectivity index (χ3n) is 4.06. The normalized spacial score (nSPS) is 15.0. The maximum absolute atomic E-state index is 12.0. The first-order chi connectivity index (χ1) is 12.6. The second-order valence-electron chi connectivity index (χ2n) is 6.18. The summed E-state index contributed by atoms with van der Waals surface area (Å²) in [5.41, 5.74) is 3.25. The Bertz CT molecular complexity index is 646. The first kappa shape index (κ1) is 19.8. The van der Waals surface area contributed by atoms with Gasteiger partial charge < -0.3 is 14.4 Å². The zero-order valence-electron chi connectivity index (χ0n) is 15.5. The average Bonchev–Trinajstić information content (AvgIpc) is 2.85. The Labute approximate surface area is 154 Å². The number of rotatable bonds is 8. The summed E-state index contributed by atoms with van der Waals surface area (Å²) >= 11 is 0. The molecule has 0 saturated carbocycles. The molecule has 1 saturated heterocycles. The largest absolute Gasteiger partial charge is 0.493 e. The average molecular weight is 361 g/mol. The van der Waals surface area contributed by atoms with Gasteiger partial charge in [-0.1, -0.05) is 13.3 Å². The van der Waals surface area contributed by atoms with E-state index in [0.29, 0.717) is 31.1 Å². The van der Waals surface area contributed by atoms with Gasteiger partial charge in [0.15, 0.2) is 11.5 Å². The topological polar surface area (TPSA) is 80.2 Å². The van der Waals surface area contributed by atoms with E-state index in [0.717, 1.165) is 31.2 Å². The molecule has 2 rings (SSSR count). The smallest absolute Gasteiger partial charge is 0.259 e. The van der Waals surface area contributed by atoms with Gasteiger partial charge in [0.1, 0.15) is 6.54 Å². The lowest BCUT2D eigenvalue weighted by Crippen LogP contribution is -2.39. The number of likely N-dealkylation sites (tertiary alicyclic amines) is 1. The summed E-state index contributed by atoms with van der Waals surface area (Å²) in [5.74, 6) is 1.03. The van der Waals surface area contributed by atoms with Crippen LogP contribution in [0.15, 0.2) is 23.3 Å². The van der Waals surface area contributed by atoms with Crippen LogP contribution < -0.4 is 14.9 Å². The highest BCUT2D eigenvalue weighted by molar-refractivity contribution is 5.86. The quantitative estimate of drug-likeness (QED) is 0.569. The van der Waals surface area contributed by atoms with E-state index in [9.17, 15) is 9.59 Å². The van der Waals surface area contributed by atoms with E-state index in [4.69, 9.17) is 9.47 Å². The van der Waals surface area contributed by atoms with Crippen LogP contribution in [0, 0.1) is 0 Å². The highest BCUT2D eigenvalue weighted by Gasteiger charge is 2.18. The van der Waals surface area contributed by atoms with Crippen molar-refractivity contribution in [2.24, 2.45) is 5.10 Å². The zero-order chi connectivity index (χ0) is 18.8. The molecule has 0 aliphatic carbocycles. The SMILES string of the molecule is CCCOc1ccc(/C=N\NC(=O)CN2CCCCCC2=O)cc1OC. The van der Waals surface area contributed by atoms with Gasteiger partial charge >= 0.3 is 0 Å². The van der Waals surface area contributed by atoms with Crippen molar-refractivity contribution < 1.29 is 19.1 Å². The first-order valence-corrected chi connectivity index (χ1v) is 9.04. The number of ether oxygens (including phenoxy) is 2. The predicted octanol–water partition coefficient (Wildman–Crippen LogP) is 2.34. The number of nitrogens with one attached hydrogen (secondary N) is 1. The van der Waals surface area contributed by atoms with Gasteiger partial charge in [0.2, 0.25) is 5.91 Å². The fourth-order valence-electron chi connectivity index (χ4n) is 2.69. The molecule has 1 aromatic rings. The number of hydrazone groups is 1. The van der Waals surface area contributed by atoms with Gasteiger partial charge in [-0.2, -0.15) is 5.10 Å². The predicted molar refractivity (Wildman–Crippen MR) is 99.6 cm³/mol. The Balaban J connectivity index is 1.88. The molecule has 0 bridgehead atoms. The van der Waals surface area contributed by atoms with Gasteiger partial charge in [0.05, 0.1) is 19.9 Å². The molecule has 2 amide bonds. The van der Waals surface area contributed by atoms with Gasteiger partial charge in [-0.25, -0.2) is 5.43 Å². The fourth-order valence-corrected chi connectivity index (χ4v) is 2.69. The summed E-state index contributed by atoms with van der Waals surface area (Å²) in [7, 11) is 1.58. The summed E-state index contributed by atoms with van der Waals surface area (Å²) in [6, 6.07) is 5.44. The number of methoxy groups -OCH3 is 1. The molecular weight excluding hydrogens is 334 g/mol. The van der Waals surface area contributed by atoms with Crippen molar-refractivity contribution in [1.82, 2.24) is 10.3 Å². The van der Waals surface area contributed by atoms with Crippen molar-refractivity contribution in [1.29, 1.82) is 0 Å². The molecule has 1 aromatic carbocycles. The van der Waals surface area contributed by atoms with Crippen molar-refractivity contribution in [2.45, 2.75) is 39.0 Å². The molecule has 0 atom stereocenters. The minimum atomic E-state index is -0.300. The van der Waals surface area contributed by atoms with Crippen LogP contribution in [-0.2, 0) is 9.59 Å². The Kier molecular flexibility index (Phi) is 7.92. The van der Waals surface area contributed by atoms with E-state index in [1.807, 2.05) is 19.1 Å². The molecule has 26 heavy (non-hydrogen) atoms. The molecule has 142 valence electrons. The summed E-state index contributed by atoms with van der Waals surface area (Å²) in [6.45, 7) is 3.33. The highest BCUT2D eigenvalue weighted by Crippen LogP contribution is 2.27. The Morgan fingerprint density at radius 1 is 1.31 bits per heavy atom. The van der Waals surface area contributed by atoms with Crippen molar-refractivity contribution >= 4 is 18.0 Å². The summed E-state index contributed by atoms with van der Waals surface area (Å²) in [6.07, 6.45) is 5.83. The lowest BCUT2D eigenvalue weighted by Gasteiger charge is -2.18. The minimum Gasteiger partial charge on any atom is -0.493 e. The lowest BCUT2D eigenvalue weighted by molar-refractivity contribution is -0.135. The van der Waals surface area contributed by atoms with Crippen molar-refractivity contribution in [2.75, 3.05) is 26.8 Å². The standard InChI is InChI=1S/C19H27N3O4/c1-3-11-26-16-9-8-15(12-17(16)25-2)13-20-21-18(23)14-22-10-6-4-5-7-19(22)24/h8-9,12-13H,3-7,10-11,14H2,1-2H3,(H,21,23)/b20-13-. The maximum Gasteiger partial charge on any atom is 0.259 e. The number of amides is 2. The molecule has 1 fully saturated rings. The molecule has 7 heteroatoms. The molecule has 1 heterocycles. The Hall–Kier alpha value is -2.57. The van der Waals surface area contributed by atoms with Crippen LogP contribution in [0.3, 0.4) is 0 Å². The summed E-state index contributed by atoms with van der Waals surface area (Å²) in [4.78, 5) is 25.5. The maximum atomic E-state index is 12.0. The number of carbonyl (C=O) groups is 2. The van der Waals surface area contributed by atoms with Gasteiger partial charge in [0.25, 0.3) is 5.91 Å². The van der Waals surface area contributed by atoms with E-state index in [-0.39, 0.29) is 18.4 Å². The van der Waals surface area contributed by atoms with Crippen LogP contribution >= 0.6 is 0 Å². The second kappa shape index (κ2) is 10.4. The molecule has 1 aliphatic heterocycles. The summed E-state index contributed by atoms with van der Waals surface area (Å²) < 4.78 is 10.9. The van der Waals surface area contributed by atoms with Gasteiger partial charge in [-0.05, 0) is 43.0 Å². The summed E-state index contributed by atoms with van der Waals surface area (Å²) in [5, 5.41) is 3.96. The lowest BCUT2D eigenvalue weighted by atomic mass is 10.2. The molecule has 7 nitrogen and oxygen atoms in total. The van der Waals surface area contributed by atoms with Crippen LogP contribution in [0.4, 0.5) is 0 Å². The van der Waals surface area contributed by atoms with E-state index in [1.165, 1.54) is 6.21 Å². The molecular formula is C19H27N3O4. The third kappa shape index (κ3) is 6.06.